The highest BCUT2D eigenvalue weighted by molar-refractivity contribution is 7.17. The van der Waals surface area contributed by atoms with Crippen molar-refractivity contribution in [2.75, 3.05) is 6.54 Å². The molecule has 0 aliphatic rings. The number of amides is 1. The molecule has 1 amide bonds. The highest BCUT2D eigenvalue weighted by Gasteiger charge is 2.08. The molecule has 3 rings (SSSR count). The molecular weight excluding hydrogens is 294 g/mol. The Labute approximate surface area is 121 Å². The summed E-state index contributed by atoms with van der Waals surface area (Å²) in [5.74, 6) is -0.411. The zero-order valence-electron chi connectivity index (χ0n) is 10.8. The summed E-state index contributed by atoms with van der Waals surface area (Å²) in [7, 11) is 0. The second-order valence-corrected chi connectivity index (χ2v) is 5.21. The van der Waals surface area contributed by atoms with E-state index in [1.165, 1.54) is 28.4 Å². The van der Waals surface area contributed by atoms with Crippen LogP contribution in [0.1, 0.15) is 10.5 Å². The van der Waals surface area contributed by atoms with Crippen LogP contribution in [0.2, 0.25) is 0 Å². The van der Waals surface area contributed by atoms with Gasteiger partial charge in [-0.3, -0.25) is 14.2 Å². The van der Waals surface area contributed by atoms with Crippen molar-refractivity contribution in [3.05, 3.63) is 50.5 Å². The van der Waals surface area contributed by atoms with Crippen molar-refractivity contribution in [2.45, 2.75) is 6.54 Å². The number of imidazole rings is 1. The van der Waals surface area contributed by atoms with Gasteiger partial charge in [-0.25, -0.2) is 9.78 Å². The number of carbonyl (C=O) groups is 1. The average Bonchev–Trinajstić information content (AvgIpc) is 3.10. The van der Waals surface area contributed by atoms with Gasteiger partial charge >= 0.3 is 5.69 Å². The molecule has 9 heteroatoms. The molecule has 0 saturated carbocycles. The lowest BCUT2D eigenvalue weighted by Gasteiger charge is -2.06. The molecule has 0 unspecified atom stereocenters. The maximum absolute atomic E-state index is 12.1. The molecule has 0 atom stereocenters. The molecule has 0 fully saturated rings. The van der Waals surface area contributed by atoms with Gasteiger partial charge in [0.2, 0.25) is 0 Å². The fourth-order valence-corrected chi connectivity index (χ4v) is 2.67. The molecular formula is C12H11N5O3S. The lowest BCUT2D eigenvalue weighted by Crippen LogP contribution is -2.31. The number of nitrogens with one attached hydrogen (secondary N) is 3. The van der Waals surface area contributed by atoms with E-state index in [1.54, 1.807) is 6.07 Å². The molecule has 0 saturated heterocycles. The average molecular weight is 305 g/mol. The van der Waals surface area contributed by atoms with Crippen LogP contribution in [0, 0.1) is 0 Å². The van der Waals surface area contributed by atoms with E-state index < -0.39 is 11.6 Å². The predicted octanol–water partition coefficient (Wildman–Crippen LogP) is -0.0956. The summed E-state index contributed by atoms with van der Waals surface area (Å²) >= 11 is 1.34. The highest BCUT2D eigenvalue weighted by Crippen LogP contribution is 2.12. The summed E-state index contributed by atoms with van der Waals surface area (Å²) in [6.45, 7) is 0.560. The molecule has 8 nitrogen and oxygen atoms in total. The van der Waals surface area contributed by atoms with Crippen LogP contribution in [0.3, 0.4) is 0 Å². The van der Waals surface area contributed by atoms with Gasteiger partial charge in [0.05, 0.1) is 11.8 Å². The Kier molecular flexibility index (Phi) is 3.40. The number of hydrogen-bond donors (Lipinski definition) is 3. The summed E-state index contributed by atoms with van der Waals surface area (Å²) in [5.41, 5.74) is 0.261. The van der Waals surface area contributed by atoms with Gasteiger partial charge in [-0.15, -0.1) is 11.3 Å². The number of aromatic amines is 2. The molecule has 0 aliphatic carbocycles. The molecule has 3 aromatic heterocycles. The Balaban J connectivity index is 1.67. The second kappa shape index (κ2) is 5.37. The van der Waals surface area contributed by atoms with Crippen molar-refractivity contribution in [1.29, 1.82) is 0 Å². The fourth-order valence-electron chi connectivity index (χ4n) is 1.88. The van der Waals surface area contributed by atoms with E-state index in [4.69, 9.17) is 0 Å². The Morgan fingerprint density at radius 2 is 2.29 bits per heavy atom. The number of carbonyl (C=O) groups excluding carboxylic acids is 1. The van der Waals surface area contributed by atoms with Crippen molar-refractivity contribution in [3.8, 4) is 0 Å². The highest BCUT2D eigenvalue weighted by atomic mass is 32.1. The number of nitrogens with zero attached hydrogens (tertiary/aromatic N) is 2. The molecule has 3 heterocycles. The third-order valence-electron chi connectivity index (χ3n) is 2.91. The standard InChI is InChI=1S/C12H11N5O3S/c18-10(8-5-14-12(20)16-8)13-2-3-17-6-15-7-1-4-21-9(7)11(17)19/h1,4-6H,2-3H2,(H,13,18)(H2,14,16,20). The molecule has 0 spiro atoms. The summed E-state index contributed by atoms with van der Waals surface area (Å²) < 4.78 is 2.04. The minimum atomic E-state index is -0.441. The number of hydrogen-bond acceptors (Lipinski definition) is 5. The minimum Gasteiger partial charge on any atom is -0.349 e. The zero-order chi connectivity index (χ0) is 14.8. The van der Waals surface area contributed by atoms with E-state index in [1.807, 2.05) is 5.38 Å². The molecule has 21 heavy (non-hydrogen) atoms. The predicted molar refractivity (Wildman–Crippen MR) is 77.6 cm³/mol. The van der Waals surface area contributed by atoms with Crippen LogP contribution in [0.25, 0.3) is 10.2 Å². The Morgan fingerprint density at radius 3 is 3.05 bits per heavy atom. The van der Waals surface area contributed by atoms with Gasteiger partial charge < -0.3 is 15.3 Å². The molecule has 3 aromatic rings. The first kappa shape index (κ1) is 13.3. The van der Waals surface area contributed by atoms with Crippen molar-refractivity contribution in [3.63, 3.8) is 0 Å². The van der Waals surface area contributed by atoms with E-state index >= 15 is 0 Å². The second-order valence-electron chi connectivity index (χ2n) is 4.29. The van der Waals surface area contributed by atoms with E-state index in [2.05, 4.69) is 20.3 Å². The van der Waals surface area contributed by atoms with Gasteiger partial charge in [0.25, 0.3) is 11.5 Å². The summed E-state index contributed by atoms with van der Waals surface area (Å²) in [6, 6.07) is 1.79. The maximum atomic E-state index is 12.1. The van der Waals surface area contributed by atoms with Gasteiger partial charge in [-0.05, 0) is 11.4 Å². The number of thiophene rings is 1. The monoisotopic (exact) mass is 305 g/mol. The van der Waals surface area contributed by atoms with Crippen molar-refractivity contribution < 1.29 is 4.79 Å². The molecule has 108 valence electrons. The van der Waals surface area contributed by atoms with Crippen LogP contribution in [-0.2, 0) is 6.54 Å². The molecule has 0 aromatic carbocycles. The molecule has 0 bridgehead atoms. The zero-order valence-corrected chi connectivity index (χ0v) is 11.6. The van der Waals surface area contributed by atoms with Crippen LogP contribution in [0.15, 0.2) is 33.6 Å². The number of rotatable bonds is 4. The Bertz CT molecular complexity index is 903. The lowest BCUT2D eigenvalue weighted by atomic mass is 10.4. The third-order valence-corrected chi connectivity index (χ3v) is 3.81. The smallest absolute Gasteiger partial charge is 0.323 e. The first-order valence-electron chi connectivity index (χ1n) is 6.13. The topological polar surface area (TPSA) is 113 Å². The quantitative estimate of drug-likeness (QED) is 0.625. The van der Waals surface area contributed by atoms with Crippen LogP contribution in [0.5, 0.6) is 0 Å². The molecule has 3 N–H and O–H groups in total. The van der Waals surface area contributed by atoms with Crippen LogP contribution in [-0.4, -0.2) is 32.0 Å². The Morgan fingerprint density at radius 1 is 1.43 bits per heavy atom. The van der Waals surface area contributed by atoms with Crippen molar-refractivity contribution >= 4 is 27.5 Å². The number of aromatic nitrogens is 4. The van der Waals surface area contributed by atoms with E-state index in [0.29, 0.717) is 16.8 Å². The fraction of sp³-hybridized carbons (Fsp3) is 0.167. The van der Waals surface area contributed by atoms with Gasteiger partial charge in [0, 0.05) is 19.3 Å². The normalized spacial score (nSPS) is 10.9. The SMILES string of the molecule is O=C(NCCn1cnc2ccsc2c1=O)c1c[nH]c(=O)[nH]1. The third kappa shape index (κ3) is 2.63. The van der Waals surface area contributed by atoms with Crippen molar-refractivity contribution in [1.82, 2.24) is 24.8 Å². The van der Waals surface area contributed by atoms with Gasteiger partial charge in [0.1, 0.15) is 10.4 Å². The maximum Gasteiger partial charge on any atom is 0.323 e. The van der Waals surface area contributed by atoms with E-state index in [9.17, 15) is 14.4 Å². The number of fused-ring (bicyclic) bond motifs is 1. The number of H-pyrrole nitrogens is 2. The first-order valence-corrected chi connectivity index (χ1v) is 7.01. The molecule has 0 aliphatic heterocycles. The first-order chi connectivity index (χ1) is 10.1. The molecule has 0 radical (unpaired) electrons. The van der Waals surface area contributed by atoms with Crippen LogP contribution < -0.4 is 16.6 Å². The Hall–Kier alpha value is -2.68. The van der Waals surface area contributed by atoms with E-state index in [0.717, 1.165) is 0 Å². The van der Waals surface area contributed by atoms with Crippen LogP contribution >= 0.6 is 11.3 Å². The lowest BCUT2D eigenvalue weighted by molar-refractivity contribution is 0.0947. The van der Waals surface area contributed by atoms with E-state index in [-0.39, 0.29) is 17.8 Å². The summed E-state index contributed by atoms with van der Waals surface area (Å²) in [4.78, 5) is 43.6. The van der Waals surface area contributed by atoms with Crippen molar-refractivity contribution in [2.24, 2.45) is 0 Å². The van der Waals surface area contributed by atoms with Crippen LogP contribution in [0.4, 0.5) is 0 Å². The minimum absolute atomic E-state index is 0.126. The summed E-state index contributed by atoms with van der Waals surface area (Å²) in [5, 5.41) is 4.43. The van der Waals surface area contributed by atoms with Gasteiger partial charge in [-0.2, -0.15) is 0 Å². The largest absolute Gasteiger partial charge is 0.349 e. The summed E-state index contributed by atoms with van der Waals surface area (Å²) in [6.07, 6.45) is 2.75. The van der Waals surface area contributed by atoms with Gasteiger partial charge in [0.15, 0.2) is 0 Å². The van der Waals surface area contributed by atoms with Gasteiger partial charge in [-0.1, -0.05) is 0 Å².